The van der Waals surface area contributed by atoms with Gasteiger partial charge in [0.15, 0.2) is 9.84 Å². The first-order valence-electron chi connectivity index (χ1n) is 5.28. The highest BCUT2D eigenvalue weighted by Gasteiger charge is 2.12. The third-order valence-corrected chi connectivity index (χ3v) is 2.76. The van der Waals surface area contributed by atoms with Crippen LogP contribution in [-0.4, -0.2) is 32.9 Å². The van der Waals surface area contributed by atoms with Gasteiger partial charge in [-0.25, -0.2) is 12.8 Å². The molecule has 7 heteroatoms. The van der Waals surface area contributed by atoms with Gasteiger partial charge in [0.2, 0.25) is 5.91 Å². The highest BCUT2D eigenvalue weighted by molar-refractivity contribution is 7.91. The van der Waals surface area contributed by atoms with Crippen LogP contribution < -0.4 is 11.1 Å². The second kappa shape index (κ2) is 6.31. The SMILES string of the molecule is CS(=O)(=O)CC(=O)Nc1ccc(F)cc1C#CCN. The van der Waals surface area contributed by atoms with Crippen molar-refractivity contribution in [3.8, 4) is 11.8 Å². The molecule has 19 heavy (non-hydrogen) atoms. The summed E-state index contributed by atoms with van der Waals surface area (Å²) in [5, 5.41) is 2.38. The van der Waals surface area contributed by atoms with E-state index in [4.69, 9.17) is 5.73 Å². The third kappa shape index (κ3) is 5.50. The molecule has 0 fully saturated rings. The first kappa shape index (κ1) is 15.1. The first-order chi connectivity index (χ1) is 8.81. The second-order valence-electron chi connectivity index (χ2n) is 3.81. The van der Waals surface area contributed by atoms with Crippen LogP contribution in [-0.2, 0) is 14.6 Å². The van der Waals surface area contributed by atoms with Crippen molar-refractivity contribution in [3.63, 3.8) is 0 Å². The number of nitrogens with one attached hydrogen (secondary N) is 1. The Bertz CT molecular complexity index is 645. The van der Waals surface area contributed by atoms with Crippen molar-refractivity contribution < 1.29 is 17.6 Å². The van der Waals surface area contributed by atoms with Gasteiger partial charge in [-0.3, -0.25) is 4.79 Å². The van der Waals surface area contributed by atoms with Gasteiger partial charge in [-0.15, -0.1) is 0 Å². The number of amides is 1. The van der Waals surface area contributed by atoms with Crippen molar-refractivity contribution >= 4 is 21.4 Å². The van der Waals surface area contributed by atoms with E-state index in [9.17, 15) is 17.6 Å². The smallest absolute Gasteiger partial charge is 0.239 e. The fourth-order valence-corrected chi connectivity index (χ4v) is 1.85. The summed E-state index contributed by atoms with van der Waals surface area (Å²) in [5.41, 5.74) is 5.70. The van der Waals surface area contributed by atoms with E-state index in [2.05, 4.69) is 17.2 Å². The van der Waals surface area contributed by atoms with Crippen molar-refractivity contribution in [1.29, 1.82) is 0 Å². The van der Waals surface area contributed by atoms with Gasteiger partial charge in [-0.1, -0.05) is 11.8 Å². The van der Waals surface area contributed by atoms with E-state index in [1.165, 1.54) is 6.07 Å². The third-order valence-electron chi connectivity index (χ3n) is 1.97. The van der Waals surface area contributed by atoms with Gasteiger partial charge < -0.3 is 11.1 Å². The molecule has 0 saturated carbocycles. The van der Waals surface area contributed by atoms with Crippen LogP contribution in [0.5, 0.6) is 0 Å². The number of rotatable bonds is 3. The predicted octanol–water partition coefficient (Wildman–Crippen LogP) is 0.119. The average molecular weight is 284 g/mol. The van der Waals surface area contributed by atoms with Crippen LogP contribution in [0.1, 0.15) is 5.56 Å². The molecule has 0 aliphatic rings. The highest BCUT2D eigenvalue weighted by atomic mass is 32.2. The van der Waals surface area contributed by atoms with Crippen LogP contribution >= 0.6 is 0 Å². The number of nitrogens with two attached hydrogens (primary N) is 1. The van der Waals surface area contributed by atoms with Crippen molar-refractivity contribution in [2.45, 2.75) is 0 Å². The van der Waals surface area contributed by atoms with Gasteiger partial charge in [-0.2, -0.15) is 0 Å². The zero-order valence-electron chi connectivity index (χ0n) is 10.2. The Morgan fingerprint density at radius 3 is 2.74 bits per heavy atom. The van der Waals surface area contributed by atoms with E-state index >= 15 is 0 Å². The van der Waals surface area contributed by atoms with E-state index in [0.29, 0.717) is 0 Å². The Morgan fingerprint density at radius 1 is 1.47 bits per heavy atom. The number of sulfone groups is 1. The Labute approximate surface area is 110 Å². The molecular weight excluding hydrogens is 271 g/mol. The van der Waals surface area contributed by atoms with E-state index in [0.717, 1.165) is 18.4 Å². The van der Waals surface area contributed by atoms with Crippen LogP contribution in [0.15, 0.2) is 18.2 Å². The molecule has 0 unspecified atom stereocenters. The summed E-state index contributed by atoms with van der Waals surface area (Å²) in [5.74, 6) is 3.28. The molecule has 0 radical (unpaired) electrons. The maximum absolute atomic E-state index is 13.1. The molecule has 102 valence electrons. The molecule has 1 aromatic rings. The zero-order chi connectivity index (χ0) is 14.5. The molecule has 0 saturated heterocycles. The van der Waals surface area contributed by atoms with Crippen LogP contribution in [0.2, 0.25) is 0 Å². The molecule has 0 aromatic heterocycles. The summed E-state index contributed by atoms with van der Waals surface area (Å²) in [4.78, 5) is 11.5. The molecule has 0 heterocycles. The van der Waals surface area contributed by atoms with Gasteiger partial charge in [0.05, 0.1) is 17.8 Å². The largest absolute Gasteiger partial charge is 0.324 e. The van der Waals surface area contributed by atoms with Crippen molar-refractivity contribution in [3.05, 3.63) is 29.6 Å². The van der Waals surface area contributed by atoms with Gasteiger partial charge in [0.1, 0.15) is 11.6 Å². The van der Waals surface area contributed by atoms with Crippen LogP contribution in [0, 0.1) is 17.7 Å². The van der Waals surface area contributed by atoms with Gasteiger partial charge in [0.25, 0.3) is 0 Å². The van der Waals surface area contributed by atoms with E-state index in [-0.39, 0.29) is 17.8 Å². The number of benzene rings is 1. The fourth-order valence-electron chi connectivity index (χ4n) is 1.30. The molecule has 0 spiro atoms. The lowest BCUT2D eigenvalue weighted by atomic mass is 10.1. The Hall–Kier alpha value is -1.91. The minimum absolute atomic E-state index is 0.0905. The summed E-state index contributed by atoms with van der Waals surface area (Å²) in [7, 11) is -3.42. The summed E-state index contributed by atoms with van der Waals surface area (Å²) < 4.78 is 35.0. The van der Waals surface area contributed by atoms with Crippen molar-refractivity contribution in [1.82, 2.24) is 0 Å². The highest BCUT2D eigenvalue weighted by Crippen LogP contribution is 2.16. The van der Waals surface area contributed by atoms with Gasteiger partial charge in [-0.05, 0) is 18.2 Å². The Balaban J connectivity index is 2.97. The second-order valence-corrected chi connectivity index (χ2v) is 5.95. The molecule has 1 amide bonds. The van der Waals surface area contributed by atoms with E-state index in [1.807, 2.05) is 0 Å². The predicted molar refractivity (Wildman–Crippen MR) is 70.7 cm³/mol. The minimum Gasteiger partial charge on any atom is -0.324 e. The minimum atomic E-state index is -3.42. The van der Waals surface area contributed by atoms with Crippen LogP contribution in [0.25, 0.3) is 0 Å². The summed E-state index contributed by atoms with van der Waals surface area (Å²) in [6, 6.07) is 3.60. The quantitative estimate of drug-likeness (QED) is 0.771. The lowest BCUT2D eigenvalue weighted by Gasteiger charge is -2.07. The molecule has 1 aromatic carbocycles. The van der Waals surface area contributed by atoms with Crippen LogP contribution in [0.3, 0.4) is 0 Å². The maximum Gasteiger partial charge on any atom is 0.239 e. The van der Waals surface area contributed by atoms with Gasteiger partial charge in [0, 0.05) is 6.26 Å². The maximum atomic E-state index is 13.1. The molecule has 0 aliphatic heterocycles. The Kier molecular flexibility index (Phi) is 5.03. The standard InChI is InChI=1S/C12H13FN2O3S/c1-19(17,18)8-12(16)15-11-5-4-10(13)7-9(11)3-2-6-14/h4-5,7H,6,8,14H2,1H3,(H,15,16). The number of halogens is 1. The number of carbonyl (C=O) groups is 1. The van der Waals surface area contributed by atoms with Crippen molar-refractivity contribution in [2.75, 3.05) is 23.9 Å². The van der Waals surface area contributed by atoms with E-state index < -0.39 is 27.3 Å². The first-order valence-corrected chi connectivity index (χ1v) is 7.34. The molecule has 5 nitrogen and oxygen atoms in total. The molecule has 0 bridgehead atoms. The van der Waals surface area contributed by atoms with E-state index in [1.54, 1.807) is 0 Å². The summed E-state index contributed by atoms with van der Waals surface area (Å²) in [6.07, 6.45) is 0.951. The zero-order valence-corrected chi connectivity index (χ0v) is 11.1. The number of hydrogen-bond donors (Lipinski definition) is 2. The average Bonchev–Trinajstić information content (AvgIpc) is 2.27. The fraction of sp³-hybridized carbons (Fsp3) is 0.250. The lowest BCUT2D eigenvalue weighted by molar-refractivity contribution is -0.113. The number of anilines is 1. The van der Waals surface area contributed by atoms with Crippen molar-refractivity contribution in [2.24, 2.45) is 5.73 Å². The molecule has 3 N–H and O–H groups in total. The normalized spacial score (nSPS) is 10.5. The molecular formula is C12H13FN2O3S. The molecule has 0 atom stereocenters. The molecule has 1 rings (SSSR count). The van der Waals surface area contributed by atoms with Crippen LogP contribution in [0.4, 0.5) is 10.1 Å². The summed E-state index contributed by atoms with van der Waals surface area (Å²) in [6.45, 7) is 0.0905. The van der Waals surface area contributed by atoms with Gasteiger partial charge >= 0.3 is 0 Å². The summed E-state index contributed by atoms with van der Waals surface area (Å²) >= 11 is 0. The number of hydrogen-bond acceptors (Lipinski definition) is 4. The lowest BCUT2D eigenvalue weighted by Crippen LogP contribution is -2.22. The molecule has 0 aliphatic carbocycles. The monoisotopic (exact) mass is 284 g/mol. The topological polar surface area (TPSA) is 89.3 Å². The Morgan fingerprint density at radius 2 is 2.16 bits per heavy atom. The number of carbonyl (C=O) groups excluding carboxylic acids is 1.